The average molecular weight is 317 g/mol. The van der Waals surface area contributed by atoms with Gasteiger partial charge in [-0.25, -0.2) is 0 Å². The molecule has 0 spiro atoms. The van der Waals surface area contributed by atoms with Gasteiger partial charge in [-0.3, -0.25) is 4.79 Å². The molecule has 2 bridgehead atoms. The van der Waals surface area contributed by atoms with E-state index in [1.807, 2.05) is 17.9 Å². The van der Waals surface area contributed by atoms with Gasteiger partial charge in [-0.2, -0.15) is 0 Å². The zero-order valence-electron chi connectivity index (χ0n) is 14.7. The van der Waals surface area contributed by atoms with Crippen LogP contribution < -0.4 is 0 Å². The first-order valence-electron chi connectivity index (χ1n) is 8.38. The van der Waals surface area contributed by atoms with E-state index in [2.05, 4.69) is 26.8 Å². The monoisotopic (exact) mass is 317 g/mol. The number of aromatic hydroxyl groups is 1. The molecule has 1 amide bonds. The highest BCUT2D eigenvalue weighted by molar-refractivity contribution is 5.81. The molecule has 1 N–H and O–H groups in total. The van der Waals surface area contributed by atoms with E-state index in [0.29, 0.717) is 5.75 Å². The largest absolute Gasteiger partial charge is 0.508 e. The molecule has 1 aromatic carbocycles. The summed E-state index contributed by atoms with van der Waals surface area (Å²) in [6.07, 6.45) is 1.30. The second kappa shape index (κ2) is 5.23. The van der Waals surface area contributed by atoms with Gasteiger partial charge >= 0.3 is 0 Å². The van der Waals surface area contributed by atoms with Crippen LogP contribution in [-0.2, 0) is 21.4 Å². The van der Waals surface area contributed by atoms with E-state index >= 15 is 0 Å². The van der Waals surface area contributed by atoms with Crippen molar-refractivity contribution >= 4 is 5.91 Å². The smallest absolute Gasteiger partial charge is 0.251 e. The fourth-order valence-corrected chi connectivity index (χ4v) is 4.52. The second-order valence-electron chi connectivity index (χ2n) is 7.77. The lowest BCUT2D eigenvalue weighted by molar-refractivity contribution is -0.153. The van der Waals surface area contributed by atoms with Gasteiger partial charge in [0.25, 0.3) is 5.91 Å². The summed E-state index contributed by atoms with van der Waals surface area (Å²) in [4.78, 5) is 14.8. The Labute approximate surface area is 138 Å². The maximum atomic E-state index is 12.8. The number of amides is 1. The number of phenols is 1. The Balaban J connectivity index is 2.07. The van der Waals surface area contributed by atoms with E-state index in [-0.39, 0.29) is 22.8 Å². The Kier molecular flexibility index (Phi) is 3.71. The highest BCUT2D eigenvalue weighted by Crippen LogP contribution is 2.56. The number of hydrogen-bond donors (Lipinski definition) is 1. The van der Waals surface area contributed by atoms with Gasteiger partial charge in [0.15, 0.2) is 0 Å². The lowest BCUT2D eigenvalue weighted by Crippen LogP contribution is -2.65. The molecule has 4 heteroatoms. The third kappa shape index (κ3) is 2.18. The quantitative estimate of drug-likeness (QED) is 0.912. The molecule has 1 unspecified atom stereocenters. The maximum absolute atomic E-state index is 12.8. The molecule has 0 aromatic heterocycles. The zero-order chi connectivity index (χ0) is 17.0. The lowest BCUT2D eigenvalue weighted by Gasteiger charge is -2.61. The first-order valence-corrected chi connectivity index (χ1v) is 8.38. The van der Waals surface area contributed by atoms with E-state index in [1.165, 1.54) is 11.1 Å². The van der Waals surface area contributed by atoms with Gasteiger partial charge in [-0.1, -0.05) is 26.8 Å². The highest BCUT2D eigenvalue weighted by atomic mass is 16.5. The van der Waals surface area contributed by atoms with Crippen LogP contribution in [0.15, 0.2) is 18.2 Å². The molecule has 0 saturated carbocycles. The molecule has 1 heterocycles. The van der Waals surface area contributed by atoms with E-state index in [0.717, 1.165) is 19.4 Å². The predicted molar refractivity (Wildman–Crippen MR) is 89.5 cm³/mol. The average Bonchev–Trinajstić information content (AvgIpc) is 2.49. The number of phenolic OH excluding ortho intramolecular Hbond substituents is 1. The van der Waals surface area contributed by atoms with Gasteiger partial charge in [-0.05, 0) is 48.4 Å². The molecule has 1 fully saturated rings. The van der Waals surface area contributed by atoms with Crippen LogP contribution in [0.4, 0.5) is 0 Å². The maximum Gasteiger partial charge on any atom is 0.251 e. The summed E-state index contributed by atoms with van der Waals surface area (Å²) in [6.45, 7) is 9.41. The van der Waals surface area contributed by atoms with E-state index in [1.54, 1.807) is 13.2 Å². The Morgan fingerprint density at radius 1 is 1.39 bits per heavy atom. The molecular formula is C19H27NO3. The number of benzene rings is 1. The molecule has 1 aliphatic carbocycles. The number of likely N-dealkylation sites (tertiary alicyclic amines) is 1. The van der Waals surface area contributed by atoms with Crippen LogP contribution in [-0.4, -0.2) is 41.7 Å². The molecule has 1 saturated heterocycles. The number of carbonyl (C=O) groups excluding carboxylic acids is 1. The highest BCUT2D eigenvalue weighted by Gasteiger charge is 2.57. The molecule has 1 aliphatic heterocycles. The van der Waals surface area contributed by atoms with Crippen molar-refractivity contribution in [2.75, 3.05) is 13.7 Å². The molecule has 2 aliphatic rings. The fraction of sp³-hybridized carbons (Fsp3) is 0.632. The summed E-state index contributed by atoms with van der Waals surface area (Å²) < 4.78 is 5.25. The number of fused-ring (bicyclic) bond motifs is 4. The molecule has 1 aromatic rings. The Morgan fingerprint density at radius 3 is 2.74 bits per heavy atom. The number of carbonyl (C=O) groups is 1. The van der Waals surface area contributed by atoms with Crippen LogP contribution in [0.3, 0.4) is 0 Å². The van der Waals surface area contributed by atoms with Crippen molar-refractivity contribution in [2.45, 2.75) is 58.1 Å². The Bertz CT molecular complexity index is 640. The molecule has 4 nitrogen and oxygen atoms in total. The molecule has 126 valence electrons. The van der Waals surface area contributed by atoms with Crippen LogP contribution >= 0.6 is 0 Å². The van der Waals surface area contributed by atoms with E-state index in [4.69, 9.17) is 4.74 Å². The molecule has 0 radical (unpaired) electrons. The molecule has 23 heavy (non-hydrogen) atoms. The van der Waals surface area contributed by atoms with Crippen LogP contribution in [0.5, 0.6) is 5.75 Å². The summed E-state index contributed by atoms with van der Waals surface area (Å²) in [5.74, 6) is 0.365. The zero-order valence-corrected chi connectivity index (χ0v) is 14.7. The minimum Gasteiger partial charge on any atom is -0.508 e. The number of rotatable bonds is 2. The lowest BCUT2D eigenvalue weighted by atomic mass is 9.51. The van der Waals surface area contributed by atoms with Gasteiger partial charge in [0.2, 0.25) is 0 Å². The fourth-order valence-electron chi connectivity index (χ4n) is 4.52. The van der Waals surface area contributed by atoms with Crippen LogP contribution in [0.1, 0.15) is 45.2 Å². The van der Waals surface area contributed by atoms with Crippen molar-refractivity contribution < 1.29 is 14.6 Å². The first-order chi connectivity index (χ1) is 10.7. The summed E-state index contributed by atoms with van der Waals surface area (Å²) in [7, 11) is 1.58. The summed E-state index contributed by atoms with van der Waals surface area (Å²) in [5, 5.41) is 9.87. The van der Waals surface area contributed by atoms with E-state index in [9.17, 15) is 9.90 Å². The van der Waals surface area contributed by atoms with Crippen LogP contribution in [0.2, 0.25) is 0 Å². The minimum atomic E-state index is -0.416. The van der Waals surface area contributed by atoms with Crippen molar-refractivity contribution in [2.24, 2.45) is 5.41 Å². The van der Waals surface area contributed by atoms with Crippen molar-refractivity contribution in [1.29, 1.82) is 0 Å². The number of ether oxygens (including phenoxy) is 1. The Morgan fingerprint density at radius 2 is 2.09 bits per heavy atom. The molecular weight excluding hydrogens is 290 g/mol. The third-order valence-electron chi connectivity index (χ3n) is 6.57. The van der Waals surface area contributed by atoms with Gasteiger partial charge in [0.1, 0.15) is 11.9 Å². The second-order valence-corrected chi connectivity index (χ2v) is 7.77. The van der Waals surface area contributed by atoms with E-state index < -0.39 is 6.10 Å². The number of methoxy groups -OCH3 is 1. The van der Waals surface area contributed by atoms with Gasteiger partial charge in [-0.15, -0.1) is 0 Å². The summed E-state index contributed by atoms with van der Waals surface area (Å²) >= 11 is 0. The number of piperidine rings is 1. The third-order valence-corrected chi connectivity index (χ3v) is 6.57. The normalized spacial score (nSPS) is 29.8. The molecule has 3 atom stereocenters. The van der Waals surface area contributed by atoms with Crippen molar-refractivity contribution in [3.05, 3.63) is 29.3 Å². The minimum absolute atomic E-state index is 0.00599. The summed E-state index contributed by atoms with van der Waals surface area (Å²) in [5.41, 5.74) is 2.47. The number of hydrogen-bond acceptors (Lipinski definition) is 3. The van der Waals surface area contributed by atoms with Gasteiger partial charge in [0.05, 0.1) is 0 Å². The van der Waals surface area contributed by atoms with Crippen LogP contribution in [0, 0.1) is 5.41 Å². The van der Waals surface area contributed by atoms with Crippen molar-refractivity contribution in [3.8, 4) is 5.75 Å². The van der Waals surface area contributed by atoms with Crippen molar-refractivity contribution in [1.82, 2.24) is 4.90 Å². The van der Waals surface area contributed by atoms with Gasteiger partial charge in [0, 0.05) is 25.1 Å². The Hall–Kier alpha value is -1.55. The topological polar surface area (TPSA) is 49.8 Å². The van der Waals surface area contributed by atoms with Crippen molar-refractivity contribution in [3.63, 3.8) is 0 Å². The summed E-state index contributed by atoms with van der Waals surface area (Å²) in [6, 6.07) is 5.84. The van der Waals surface area contributed by atoms with Gasteiger partial charge < -0.3 is 14.7 Å². The SMILES string of the molecule is COC(C)C(=O)N1CC[C@@]2(C)c3ccc(O)cc3C[C@@H]1C2(C)C. The standard InChI is InChI=1S/C19H27NO3/c1-12(23-5)17(22)20-9-8-19(4)15-7-6-14(21)10-13(15)11-16(20)18(19,2)3/h6-7,10,12,16,21H,8-9,11H2,1-5H3/t12?,16-,19+/m1/s1. The first kappa shape index (κ1) is 16.3. The predicted octanol–water partition coefficient (Wildman–Crippen LogP) is 2.87. The molecule has 3 rings (SSSR count). The van der Waals surface area contributed by atoms with Crippen LogP contribution in [0.25, 0.3) is 0 Å². The number of nitrogens with zero attached hydrogens (tertiary/aromatic N) is 1.